The molecule has 5 heteroatoms. The Morgan fingerprint density at radius 3 is 3.00 bits per heavy atom. The Kier molecular flexibility index (Phi) is 4.11. The maximum atomic E-state index is 8.96. The van der Waals surface area contributed by atoms with Crippen LogP contribution in [0.25, 0.3) is 0 Å². The van der Waals surface area contributed by atoms with Gasteiger partial charge in [0.1, 0.15) is 0 Å². The van der Waals surface area contributed by atoms with Gasteiger partial charge in [0, 0.05) is 19.3 Å². The summed E-state index contributed by atoms with van der Waals surface area (Å²) in [6.45, 7) is 3.66. The van der Waals surface area contributed by atoms with E-state index in [2.05, 4.69) is 16.2 Å². The molecule has 0 fully saturated rings. The first-order valence-corrected chi connectivity index (χ1v) is 4.45. The van der Waals surface area contributed by atoms with Crippen molar-refractivity contribution in [3.05, 3.63) is 11.9 Å². The van der Waals surface area contributed by atoms with Crippen molar-refractivity contribution in [2.24, 2.45) is 0 Å². The summed E-state index contributed by atoms with van der Waals surface area (Å²) >= 11 is 0. The largest absolute Gasteiger partial charge is 0.381 e. The van der Waals surface area contributed by atoms with Gasteiger partial charge in [0.2, 0.25) is 0 Å². The van der Waals surface area contributed by atoms with Crippen molar-refractivity contribution in [2.45, 2.75) is 20.0 Å². The van der Waals surface area contributed by atoms with Gasteiger partial charge in [-0.1, -0.05) is 11.1 Å². The second kappa shape index (κ2) is 5.37. The Balaban J connectivity index is 2.54. The maximum Gasteiger partial charge on any atom is 0.0968 e. The van der Waals surface area contributed by atoms with E-state index < -0.39 is 0 Å². The van der Waals surface area contributed by atoms with Crippen LogP contribution in [-0.4, -0.2) is 38.3 Å². The van der Waals surface area contributed by atoms with Gasteiger partial charge in [0.25, 0.3) is 0 Å². The highest BCUT2D eigenvalue weighted by Gasteiger charge is 2.05. The number of aliphatic hydroxyl groups excluding tert-OH is 1. The smallest absolute Gasteiger partial charge is 0.0968 e. The molecular formula is C9H14N4O. The van der Waals surface area contributed by atoms with E-state index >= 15 is 0 Å². The number of hydrogen-bond acceptors (Lipinski definition) is 4. The van der Waals surface area contributed by atoms with Crippen LogP contribution in [0.15, 0.2) is 6.20 Å². The third kappa shape index (κ3) is 2.83. The number of rotatable bonds is 5. The molecule has 1 aromatic rings. The molecular weight excluding hydrogens is 180 g/mol. The Morgan fingerprint density at radius 2 is 2.50 bits per heavy atom. The molecule has 0 radical (unpaired) electrons. The Morgan fingerprint density at radius 1 is 1.71 bits per heavy atom. The minimum Gasteiger partial charge on any atom is -0.381 e. The first-order valence-electron chi connectivity index (χ1n) is 4.45. The molecule has 0 amide bonds. The van der Waals surface area contributed by atoms with E-state index in [9.17, 15) is 0 Å². The van der Waals surface area contributed by atoms with Crippen LogP contribution in [0.4, 0.5) is 0 Å². The SMILES string of the molecule is C#CCN(CO)Cc1cn(CC)nn1. The monoisotopic (exact) mass is 194 g/mol. The number of hydrogen-bond donors (Lipinski definition) is 1. The molecule has 1 heterocycles. The first kappa shape index (κ1) is 10.7. The Hall–Kier alpha value is -1.38. The predicted octanol–water partition coefficient (Wildman–Crippen LogP) is -0.317. The van der Waals surface area contributed by atoms with Crippen molar-refractivity contribution in [3.8, 4) is 12.3 Å². The average Bonchev–Trinajstić information content (AvgIpc) is 2.65. The van der Waals surface area contributed by atoms with Gasteiger partial charge in [-0.05, 0) is 6.92 Å². The second-order valence-corrected chi connectivity index (χ2v) is 2.90. The van der Waals surface area contributed by atoms with Crippen LogP contribution in [0.5, 0.6) is 0 Å². The van der Waals surface area contributed by atoms with Crippen molar-refractivity contribution in [1.29, 1.82) is 0 Å². The third-order valence-electron chi connectivity index (χ3n) is 1.81. The van der Waals surface area contributed by atoms with Crippen molar-refractivity contribution in [3.63, 3.8) is 0 Å². The molecule has 1 aromatic heterocycles. The number of terminal acetylenes is 1. The minimum atomic E-state index is -0.0663. The molecule has 1 rings (SSSR count). The fourth-order valence-corrected chi connectivity index (χ4v) is 1.08. The molecule has 0 aromatic carbocycles. The highest BCUT2D eigenvalue weighted by atomic mass is 16.3. The average molecular weight is 194 g/mol. The van der Waals surface area contributed by atoms with E-state index in [1.54, 1.807) is 9.58 Å². The van der Waals surface area contributed by atoms with Gasteiger partial charge in [-0.3, -0.25) is 9.58 Å². The standard InChI is InChI=1S/C9H14N4O/c1-3-5-12(8-14)6-9-7-13(4-2)11-10-9/h1,7,14H,4-6,8H2,2H3. The van der Waals surface area contributed by atoms with Crippen molar-refractivity contribution >= 4 is 0 Å². The van der Waals surface area contributed by atoms with Crippen molar-refractivity contribution < 1.29 is 5.11 Å². The van der Waals surface area contributed by atoms with Crippen LogP contribution >= 0.6 is 0 Å². The van der Waals surface area contributed by atoms with Gasteiger partial charge in [-0.25, -0.2) is 0 Å². The summed E-state index contributed by atoms with van der Waals surface area (Å²) in [5.41, 5.74) is 0.816. The molecule has 0 spiro atoms. The number of aryl methyl sites for hydroxylation is 1. The second-order valence-electron chi connectivity index (χ2n) is 2.90. The van der Waals surface area contributed by atoms with Gasteiger partial charge in [-0.2, -0.15) is 0 Å². The minimum absolute atomic E-state index is 0.0663. The summed E-state index contributed by atoms with van der Waals surface area (Å²) in [7, 11) is 0. The predicted molar refractivity (Wildman–Crippen MR) is 52.0 cm³/mol. The van der Waals surface area contributed by atoms with E-state index in [0.717, 1.165) is 12.2 Å². The molecule has 0 aliphatic rings. The molecule has 0 saturated carbocycles. The fraction of sp³-hybridized carbons (Fsp3) is 0.556. The van der Waals surface area contributed by atoms with E-state index in [1.165, 1.54) is 0 Å². The van der Waals surface area contributed by atoms with Gasteiger partial charge >= 0.3 is 0 Å². The number of nitrogens with zero attached hydrogens (tertiary/aromatic N) is 4. The lowest BCUT2D eigenvalue weighted by Gasteiger charge is -2.13. The topological polar surface area (TPSA) is 54.2 Å². The summed E-state index contributed by atoms with van der Waals surface area (Å²) in [5, 5.41) is 16.8. The van der Waals surface area contributed by atoms with E-state index in [0.29, 0.717) is 13.1 Å². The van der Waals surface area contributed by atoms with E-state index in [1.807, 2.05) is 13.1 Å². The molecule has 14 heavy (non-hydrogen) atoms. The lowest BCUT2D eigenvalue weighted by molar-refractivity contribution is 0.113. The quantitative estimate of drug-likeness (QED) is 0.515. The zero-order valence-electron chi connectivity index (χ0n) is 8.22. The van der Waals surface area contributed by atoms with E-state index in [4.69, 9.17) is 11.5 Å². The summed E-state index contributed by atoms with van der Waals surface area (Å²) < 4.78 is 1.74. The van der Waals surface area contributed by atoms with Crippen LogP contribution in [0, 0.1) is 12.3 Å². The molecule has 76 valence electrons. The molecule has 0 unspecified atom stereocenters. The maximum absolute atomic E-state index is 8.96. The van der Waals surface area contributed by atoms with Crippen LogP contribution in [0.1, 0.15) is 12.6 Å². The molecule has 0 aliphatic carbocycles. The normalized spacial score (nSPS) is 10.4. The molecule has 1 N–H and O–H groups in total. The summed E-state index contributed by atoms with van der Waals surface area (Å²) in [6, 6.07) is 0. The van der Waals surface area contributed by atoms with Crippen LogP contribution in [-0.2, 0) is 13.1 Å². The molecule has 0 aliphatic heterocycles. The van der Waals surface area contributed by atoms with Gasteiger partial charge in [-0.15, -0.1) is 11.5 Å². The van der Waals surface area contributed by atoms with Gasteiger partial charge < -0.3 is 5.11 Å². The summed E-state index contributed by atoms with van der Waals surface area (Å²) in [5.74, 6) is 2.47. The highest BCUT2D eigenvalue weighted by molar-refractivity contribution is 4.95. The van der Waals surface area contributed by atoms with Gasteiger partial charge in [0.15, 0.2) is 0 Å². The summed E-state index contributed by atoms with van der Waals surface area (Å²) in [4.78, 5) is 1.70. The third-order valence-corrected chi connectivity index (χ3v) is 1.81. The first-order chi connectivity index (χ1) is 6.80. The summed E-state index contributed by atoms with van der Waals surface area (Å²) in [6.07, 6.45) is 6.99. The number of aromatic nitrogens is 3. The van der Waals surface area contributed by atoms with Gasteiger partial charge in [0.05, 0.1) is 19.0 Å². The fourth-order valence-electron chi connectivity index (χ4n) is 1.08. The zero-order chi connectivity index (χ0) is 10.4. The zero-order valence-corrected chi connectivity index (χ0v) is 8.22. The van der Waals surface area contributed by atoms with Crippen LogP contribution in [0.3, 0.4) is 0 Å². The van der Waals surface area contributed by atoms with Crippen LogP contribution < -0.4 is 0 Å². The Bertz CT molecular complexity index is 315. The van der Waals surface area contributed by atoms with Crippen LogP contribution in [0.2, 0.25) is 0 Å². The van der Waals surface area contributed by atoms with Crippen molar-refractivity contribution in [1.82, 2.24) is 19.9 Å². The molecule has 0 bridgehead atoms. The highest BCUT2D eigenvalue weighted by Crippen LogP contribution is 1.98. The molecule has 0 atom stereocenters. The lowest BCUT2D eigenvalue weighted by atomic mass is 10.4. The number of aliphatic hydroxyl groups is 1. The molecule has 0 saturated heterocycles. The lowest BCUT2D eigenvalue weighted by Crippen LogP contribution is -2.24. The van der Waals surface area contributed by atoms with E-state index in [-0.39, 0.29) is 6.73 Å². The van der Waals surface area contributed by atoms with Crippen molar-refractivity contribution in [2.75, 3.05) is 13.3 Å². The molecule has 5 nitrogen and oxygen atoms in total. The Labute approximate surface area is 83.3 Å².